The molecule has 1 aromatic carbocycles. The first-order valence-electron chi connectivity index (χ1n) is 6.62. The Balaban J connectivity index is 2.17. The van der Waals surface area contributed by atoms with Gasteiger partial charge in [0.1, 0.15) is 0 Å². The number of nitrogens with one attached hydrogen (secondary N) is 1. The quantitative estimate of drug-likeness (QED) is 0.752. The fourth-order valence-corrected chi connectivity index (χ4v) is 1.80. The van der Waals surface area contributed by atoms with E-state index in [2.05, 4.69) is 43.2 Å². The monoisotopic (exact) mass is 248 g/mol. The average molecular weight is 248 g/mol. The van der Waals surface area contributed by atoms with Crippen LogP contribution in [0.25, 0.3) is 0 Å². The number of amides is 1. The van der Waals surface area contributed by atoms with Gasteiger partial charge >= 0.3 is 0 Å². The van der Waals surface area contributed by atoms with E-state index in [4.69, 9.17) is 0 Å². The summed E-state index contributed by atoms with van der Waals surface area (Å²) >= 11 is 0. The number of rotatable bonds is 7. The molecule has 0 aliphatic heterocycles. The molecule has 0 heterocycles. The van der Waals surface area contributed by atoms with E-state index in [0.717, 1.165) is 19.5 Å². The molecule has 0 saturated carbocycles. The smallest absolute Gasteiger partial charge is 0.220 e. The number of benzene rings is 1. The van der Waals surface area contributed by atoms with Crippen molar-refractivity contribution in [1.82, 2.24) is 5.32 Å². The van der Waals surface area contributed by atoms with E-state index in [1.54, 1.807) is 0 Å². The molecule has 0 bridgehead atoms. The summed E-state index contributed by atoms with van der Waals surface area (Å²) in [6.07, 6.45) is 1.59. The first-order chi connectivity index (χ1) is 8.59. The lowest BCUT2D eigenvalue weighted by Crippen LogP contribution is -2.28. The van der Waals surface area contributed by atoms with E-state index >= 15 is 0 Å². The Bertz CT molecular complexity index is 349. The third kappa shape index (κ3) is 5.71. The summed E-state index contributed by atoms with van der Waals surface area (Å²) in [5, 5.41) is 2.96. The first kappa shape index (κ1) is 14.6. The summed E-state index contributed by atoms with van der Waals surface area (Å²) < 4.78 is 0. The molecule has 0 saturated heterocycles. The molecule has 18 heavy (non-hydrogen) atoms. The summed E-state index contributed by atoms with van der Waals surface area (Å²) in [5.74, 6) is 0.587. The van der Waals surface area contributed by atoms with Gasteiger partial charge in [-0.1, -0.05) is 32.0 Å². The normalized spacial score (nSPS) is 10.4. The van der Waals surface area contributed by atoms with Gasteiger partial charge in [-0.25, -0.2) is 0 Å². The molecule has 3 nitrogen and oxygen atoms in total. The van der Waals surface area contributed by atoms with Gasteiger partial charge in [0.25, 0.3) is 0 Å². The van der Waals surface area contributed by atoms with Crippen molar-refractivity contribution in [3.63, 3.8) is 0 Å². The number of para-hydroxylation sites is 1. The molecule has 0 aliphatic carbocycles. The number of carbonyl (C=O) groups is 1. The van der Waals surface area contributed by atoms with E-state index in [-0.39, 0.29) is 5.91 Å². The Morgan fingerprint density at radius 1 is 1.28 bits per heavy atom. The highest BCUT2D eigenvalue weighted by molar-refractivity contribution is 5.75. The van der Waals surface area contributed by atoms with Gasteiger partial charge in [0.2, 0.25) is 5.91 Å². The van der Waals surface area contributed by atoms with Gasteiger partial charge in [-0.3, -0.25) is 4.79 Å². The fourth-order valence-electron chi connectivity index (χ4n) is 1.80. The van der Waals surface area contributed by atoms with Crippen LogP contribution in [0.3, 0.4) is 0 Å². The zero-order valence-corrected chi connectivity index (χ0v) is 11.6. The highest BCUT2D eigenvalue weighted by Crippen LogP contribution is 2.10. The molecule has 1 aromatic rings. The lowest BCUT2D eigenvalue weighted by molar-refractivity contribution is -0.121. The van der Waals surface area contributed by atoms with Gasteiger partial charge in [-0.05, 0) is 24.5 Å². The predicted molar refractivity (Wildman–Crippen MR) is 76.8 cm³/mol. The average Bonchev–Trinajstić information content (AvgIpc) is 2.34. The summed E-state index contributed by atoms with van der Waals surface area (Å²) in [4.78, 5) is 13.6. The highest BCUT2D eigenvalue weighted by Gasteiger charge is 2.04. The molecular weight excluding hydrogens is 224 g/mol. The fraction of sp³-hybridized carbons (Fsp3) is 0.533. The number of carbonyl (C=O) groups excluding carboxylic acids is 1. The van der Waals surface area contributed by atoms with E-state index in [9.17, 15) is 4.79 Å². The highest BCUT2D eigenvalue weighted by atomic mass is 16.1. The number of anilines is 1. The maximum absolute atomic E-state index is 11.4. The Labute approximate surface area is 110 Å². The standard InChI is InChI=1S/C15H24N2O/c1-13(2)12-15(18)16-10-7-11-17(3)14-8-5-4-6-9-14/h4-6,8-9,13H,7,10-12H2,1-3H3,(H,16,18). The summed E-state index contributed by atoms with van der Waals surface area (Å²) in [5.41, 5.74) is 1.21. The zero-order chi connectivity index (χ0) is 13.4. The third-order valence-electron chi connectivity index (χ3n) is 2.78. The number of nitrogens with zero attached hydrogens (tertiary/aromatic N) is 1. The lowest BCUT2D eigenvalue weighted by atomic mass is 10.1. The van der Waals surface area contributed by atoms with Gasteiger partial charge in [0.05, 0.1) is 0 Å². The van der Waals surface area contributed by atoms with Crippen molar-refractivity contribution in [1.29, 1.82) is 0 Å². The van der Waals surface area contributed by atoms with Crippen molar-refractivity contribution in [3.8, 4) is 0 Å². The van der Waals surface area contributed by atoms with Crippen molar-refractivity contribution >= 4 is 11.6 Å². The lowest BCUT2D eigenvalue weighted by Gasteiger charge is -2.19. The van der Waals surface area contributed by atoms with Crippen LogP contribution < -0.4 is 10.2 Å². The maximum Gasteiger partial charge on any atom is 0.220 e. The van der Waals surface area contributed by atoms with Crippen LogP contribution in [0.2, 0.25) is 0 Å². The second kappa shape index (κ2) is 7.75. The minimum absolute atomic E-state index is 0.160. The molecule has 0 radical (unpaired) electrons. The largest absolute Gasteiger partial charge is 0.375 e. The second-order valence-electron chi connectivity index (χ2n) is 5.06. The van der Waals surface area contributed by atoms with Crippen molar-refractivity contribution in [2.75, 3.05) is 25.0 Å². The molecule has 0 unspecified atom stereocenters. The molecule has 0 fully saturated rings. The summed E-state index contributed by atoms with van der Waals surface area (Å²) in [6.45, 7) is 5.82. The van der Waals surface area contributed by atoms with Crippen LogP contribution in [0.4, 0.5) is 5.69 Å². The van der Waals surface area contributed by atoms with Crippen LogP contribution in [0, 0.1) is 5.92 Å². The molecule has 3 heteroatoms. The van der Waals surface area contributed by atoms with Gasteiger partial charge in [0.15, 0.2) is 0 Å². The SMILES string of the molecule is CC(C)CC(=O)NCCCN(C)c1ccccc1. The van der Waals surface area contributed by atoms with Crippen LogP contribution in [-0.2, 0) is 4.79 Å². The van der Waals surface area contributed by atoms with Crippen LogP contribution in [0.5, 0.6) is 0 Å². The van der Waals surface area contributed by atoms with Gasteiger partial charge < -0.3 is 10.2 Å². The van der Waals surface area contributed by atoms with Crippen molar-refractivity contribution < 1.29 is 4.79 Å². The maximum atomic E-state index is 11.4. The van der Waals surface area contributed by atoms with E-state index in [1.807, 2.05) is 18.2 Å². The van der Waals surface area contributed by atoms with Crippen molar-refractivity contribution in [2.45, 2.75) is 26.7 Å². The Hall–Kier alpha value is -1.51. The van der Waals surface area contributed by atoms with E-state index < -0.39 is 0 Å². The van der Waals surface area contributed by atoms with Crippen LogP contribution in [-0.4, -0.2) is 26.0 Å². The van der Waals surface area contributed by atoms with E-state index in [1.165, 1.54) is 5.69 Å². The van der Waals surface area contributed by atoms with E-state index in [0.29, 0.717) is 12.3 Å². The molecule has 1 rings (SSSR count). The van der Waals surface area contributed by atoms with Crippen LogP contribution in [0.15, 0.2) is 30.3 Å². The van der Waals surface area contributed by atoms with Gasteiger partial charge in [-0.15, -0.1) is 0 Å². The number of hydrogen-bond donors (Lipinski definition) is 1. The Morgan fingerprint density at radius 2 is 1.94 bits per heavy atom. The van der Waals surface area contributed by atoms with Gasteiger partial charge in [0, 0.05) is 32.2 Å². The summed E-state index contributed by atoms with van der Waals surface area (Å²) in [7, 11) is 2.07. The predicted octanol–water partition coefficient (Wildman–Crippen LogP) is 2.68. The molecular formula is C15H24N2O. The van der Waals surface area contributed by atoms with Crippen LogP contribution >= 0.6 is 0 Å². The minimum Gasteiger partial charge on any atom is -0.375 e. The van der Waals surface area contributed by atoms with Gasteiger partial charge in [-0.2, -0.15) is 0 Å². The molecule has 100 valence electrons. The number of hydrogen-bond acceptors (Lipinski definition) is 2. The second-order valence-corrected chi connectivity index (χ2v) is 5.06. The van der Waals surface area contributed by atoms with Crippen molar-refractivity contribution in [2.24, 2.45) is 5.92 Å². The Kier molecular flexibility index (Phi) is 6.26. The first-order valence-corrected chi connectivity index (χ1v) is 6.62. The van der Waals surface area contributed by atoms with Crippen molar-refractivity contribution in [3.05, 3.63) is 30.3 Å². The minimum atomic E-state index is 0.160. The molecule has 0 spiro atoms. The van der Waals surface area contributed by atoms with Crippen LogP contribution in [0.1, 0.15) is 26.7 Å². The molecule has 1 amide bonds. The Morgan fingerprint density at radius 3 is 2.56 bits per heavy atom. The summed E-state index contributed by atoms with van der Waals surface area (Å²) in [6, 6.07) is 10.3. The topological polar surface area (TPSA) is 32.3 Å². The third-order valence-corrected chi connectivity index (χ3v) is 2.78. The molecule has 1 N–H and O–H groups in total. The zero-order valence-electron chi connectivity index (χ0n) is 11.6. The molecule has 0 aliphatic rings. The molecule has 0 atom stereocenters. The molecule has 0 aromatic heterocycles.